The Bertz CT molecular complexity index is 928. The van der Waals surface area contributed by atoms with Gasteiger partial charge in [0.1, 0.15) is 11.6 Å². The van der Waals surface area contributed by atoms with Gasteiger partial charge >= 0.3 is 0 Å². The zero-order chi connectivity index (χ0) is 20.6. The highest BCUT2D eigenvalue weighted by Gasteiger charge is 2.18. The minimum Gasteiger partial charge on any atom is -0.386 e. The van der Waals surface area contributed by atoms with Crippen molar-refractivity contribution >= 4 is 17.5 Å². The predicted octanol–water partition coefficient (Wildman–Crippen LogP) is 4.98. The van der Waals surface area contributed by atoms with Gasteiger partial charge in [0.05, 0.1) is 6.04 Å². The monoisotopic (exact) mass is 407 g/mol. The van der Waals surface area contributed by atoms with Crippen molar-refractivity contribution in [3.63, 3.8) is 0 Å². The molecule has 150 valence electrons. The number of benzene rings is 2. The molecule has 0 fully saturated rings. The Labute approximate surface area is 177 Å². The molecule has 3 rings (SSSR count). The summed E-state index contributed by atoms with van der Waals surface area (Å²) in [5.41, 5.74) is 5.00. The Morgan fingerprint density at radius 1 is 1.17 bits per heavy atom. The average Bonchev–Trinajstić information content (AvgIpc) is 2.75. The van der Waals surface area contributed by atoms with Gasteiger partial charge in [-0.2, -0.15) is 5.26 Å². The van der Waals surface area contributed by atoms with E-state index in [2.05, 4.69) is 28.8 Å². The number of hydrogen-bond acceptors (Lipinski definition) is 3. The third-order valence-corrected chi connectivity index (χ3v) is 5.57. The third kappa shape index (κ3) is 5.62. The number of carbonyl (C=O) groups excluding carboxylic acids is 1. The van der Waals surface area contributed by atoms with E-state index in [1.807, 2.05) is 37.3 Å². The van der Waals surface area contributed by atoms with Crippen molar-refractivity contribution in [2.75, 3.05) is 0 Å². The summed E-state index contributed by atoms with van der Waals surface area (Å²) in [7, 11) is 0. The number of carbonyl (C=O) groups is 1. The molecule has 0 spiro atoms. The average molecular weight is 408 g/mol. The molecular weight excluding hydrogens is 382 g/mol. The molecule has 2 N–H and O–H groups in total. The Morgan fingerprint density at radius 2 is 1.90 bits per heavy atom. The zero-order valence-electron chi connectivity index (χ0n) is 16.7. The van der Waals surface area contributed by atoms with Gasteiger partial charge in [-0.3, -0.25) is 4.79 Å². The van der Waals surface area contributed by atoms with Crippen LogP contribution in [0.3, 0.4) is 0 Å². The number of fused-ring (bicyclic) bond motifs is 1. The van der Waals surface area contributed by atoms with Crippen LogP contribution in [0, 0.1) is 11.3 Å². The molecule has 4 nitrogen and oxygen atoms in total. The molecule has 5 heteroatoms. The number of halogens is 1. The van der Waals surface area contributed by atoms with E-state index in [-0.39, 0.29) is 17.5 Å². The summed E-state index contributed by atoms with van der Waals surface area (Å²) in [6, 6.07) is 15.8. The lowest BCUT2D eigenvalue weighted by molar-refractivity contribution is -0.117. The minimum absolute atomic E-state index is 0.0652. The number of nitrogens with one attached hydrogen (secondary N) is 2. The number of hydrogen-bond donors (Lipinski definition) is 2. The Hall–Kier alpha value is -2.77. The molecule has 1 amide bonds. The van der Waals surface area contributed by atoms with Crippen LogP contribution in [0.2, 0.25) is 5.02 Å². The van der Waals surface area contributed by atoms with Gasteiger partial charge < -0.3 is 10.6 Å². The maximum atomic E-state index is 12.6. The van der Waals surface area contributed by atoms with Crippen LogP contribution < -0.4 is 10.6 Å². The molecule has 0 aliphatic heterocycles. The van der Waals surface area contributed by atoms with Crippen LogP contribution in [0.1, 0.15) is 54.5 Å². The molecule has 0 saturated carbocycles. The molecule has 1 aliphatic carbocycles. The largest absolute Gasteiger partial charge is 0.386 e. The van der Waals surface area contributed by atoms with E-state index < -0.39 is 0 Å². The predicted molar refractivity (Wildman–Crippen MR) is 116 cm³/mol. The van der Waals surface area contributed by atoms with Crippen LogP contribution in [-0.2, 0) is 24.2 Å². The first kappa shape index (κ1) is 21.0. The molecule has 0 heterocycles. The van der Waals surface area contributed by atoms with Gasteiger partial charge in [0, 0.05) is 17.8 Å². The molecule has 1 unspecified atom stereocenters. The summed E-state index contributed by atoms with van der Waals surface area (Å²) in [5, 5.41) is 16.1. The summed E-state index contributed by atoms with van der Waals surface area (Å²) in [6.07, 6.45) is 6.95. The highest BCUT2D eigenvalue weighted by Crippen LogP contribution is 2.26. The molecule has 2 aromatic rings. The first-order chi connectivity index (χ1) is 14.1. The summed E-state index contributed by atoms with van der Waals surface area (Å²) in [5.74, 6) is -0.360. The molecule has 1 aliphatic rings. The molecule has 0 aromatic heterocycles. The molecule has 2 aromatic carbocycles. The number of nitrogens with zero attached hydrogens (tertiary/aromatic N) is 1. The van der Waals surface area contributed by atoms with Gasteiger partial charge in [-0.05, 0) is 66.5 Å². The fourth-order valence-corrected chi connectivity index (χ4v) is 3.77. The maximum absolute atomic E-state index is 12.6. The van der Waals surface area contributed by atoms with E-state index >= 15 is 0 Å². The maximum Gasteiger partial charge on any atom is 0.263 e. The Kier molecular flexibility index (Phi) is 7.32. The third-order valence-electron chi connectivity index (χ3n) is 5.32. The van der Waals surface area contributed by atoms with Crippen molar-refractivity contribution in [2.24, 2.45) is 0 Å². The van der Waals surface area contributed by atoms with Crippen molar-refractivity contribution in [2.45, 2.75) is 51.6 Å². The van der Waals surface area contributed by atoms with Crippen LogP contribution in [0.5, 0.6) is 0 Å². The van der Waals surface area contributed by atoms with Crippen molar-refractivity contribution in [3.05, 3.63) is 81.5 Å². The SMILES string of the molecule is CCC(NC(=O)/C(C#N)=C\NCc1ccc(Cl)cc1)c1ccc2c(c1)CCCC2. The standard InChI is InChI=1S/C24H26ClN3O/c1-2-23(20-10-9-18-5-3-4-6-19(18)13-20)28-24(29)21(14-26)16-27-15-17-7-11-22(25)12-8-17/h7-13,16,23,27H,2-6,15H2,1H3,(H,28,29)/b21-16-. The second kappa shape index (κ2) is 10.1. The molecular formula is C24H26ClN3O. The number of nitriles is 1. The first-order valence-corrected chi connectivity index (χ1v) is 10.5. The summed E-state index contributed by atoms with van der Waals surface area (Å²) < 4.78 is 0. The molecule has 1 atom stereocenters. The van der Waals surface area contributed by atoms with Gasteiger partial charge in [0.2, 0.25) is 0 Å². The van der Waals surface area contributed by atoms with Gasteiger partial charge in [0.25, 0.3) is 5.91 Å². The summed E-state index contributed by atoms with van der Waals surface area (Å²) in [6.45, 7) is 2.55. The molecule has 0 bridgehead atoms. The van der Waals surface area contributed by atoms with E-state index in [1.165, 1.54) is 30.2 Å². The second-order valence-electron chi connectivity index (χ2n) is 7.35. The van der Waals surface area contributed by atoms with E-state index in [4.69, 9.17) is 11.6 Å². The zero-order valence-corrected chi connectivity index (χ0v) is 17.4. The lowest BCUT2D eigenvalue weighted by atomic mass is 9.88. The first-order valence-electron chi connectivity index (χ1n) is 10.1. The van der Waals surface area contributed by atoms with Crippen LogP contribution in [0.4, 0.5) is 0 Å². The van der Waals surface area contributed by atoms with Crippen LogP contribution in [0.25, 0.3) is 0 Å². The van der Waals surface area contributed by atoms with E-state index in [9.17, 15) is 10.1 Å². The highest BCUT2D eigenvalue weighted by atomic mass is 35.5. The van der Waals surface area contributed by atoms with E-state index in [0.717, 1.165) is 30.4 Å². The fraction of sp³-hybridized carbons (Fsp3) is 0.333. The summed E-state index contributed by atoms with van der Waals surface area (Å²) in [4.78, 5) is 12.6. The van der Waals surface area contributed by atoms with Crippen molar-refractivity contribution in [3.8, 4) is 6.07 Å². The normalized spacial score (nSPS) is 14.4. The summed E-state index contributed by atoms with van der Waals surface area (Å²) >= 11 is 5.88. The van der Waals surface area contributed by atoms with E-state index in [0.29, 0.717) is 11.6 Å². The Morgan fingerprint density at radius 3 is 2.59 bits per heavy atom. The molecule has 29 heavy (non-hydrogen) atoms. The van der Waals surface area contributed by atoms with E-state index in [1.54, 1.807) is 0 Å². The van der Waals surface area contributed by atoms with Gasteiger partial charge in [0.15, 0.2) is 0 Å². The topological polar surface area (TPSA) is 64.9 Å². The fourth-order valence-electron chi connectivity index (χ4n) is 3.65. The van der Waals surface area contributed by atoms with Gasteiger partial charge in [-0.1, -0.05) is 48.9 Å². The minimum atomic E-state index is -0.360. The van der Waals surface area contributed by atoms with Crippen molar-refractivity contribution in [1.82, 2.24) is 10.6 Å². The van der Waals surface area contributed by atoms with Crippen LogP contribution in [0.15, 0.2) is 54.2 Å². The number of rotatable bonds is 7. The number of amides is 1. The van der Waals surface area contributed by atoms with Crippen LogP contribution >= 0.6 is 11.6 Å². The Balaban J connectivity index is 1.64. The lowest BCUT2D eigenvalue weighted by Gasteiger charge is -2.21. The van der Waals surface area contributed by atoms with Gasteiger partial charge in [-0.25, -0.2) is 0 Å². The second-order valence-corrected chi connectivity index (χ2v) is 7.78. The quantitative estimate of drug-likeness (QED) is 0.502. The van der Waals surface area contributed by atoms with Crippen molar-refractivity contribution in [1.29, 1.82) is 5.26 Å². The smallest absolute Gasteiger partial charge is 0.263 e. The lowest BCUT2D eigenvalue weighted by Crippen LogP contribution is -2.30. The van der Waals surface area contributed by atoms with Crippen molar-refractivity contribution < 1.29 is 4.79 Å². The molecule has 0 radical (unpaired) electrons. The van der Waals surface area contributed by atoms with Gasteiger partial charge in [-0.15, -0.1) is 0 Å². The highest BCUT2D eigenvalue weighted by molar-refractivity contribution is 6.30. The number of aryl methyl sites for hydroxylation is 2. The molecule has 0 saturated heterocycles. The van der Waals surface area contributed by atoms with Crippen LogP contribution in [-0.4, -0.2) is 5.91 Å².